The Bertz CT molecular complexity index is 3690. The van der Waals surface area contributed by atoms with E-state index >= 15 is 0 Å². The first-order valence-corrected chi connectivity index (χ1v) is 23.9. The molecule has 0 aliphatic rings. The maximum atomic E-state index is 2.45. The van der Waals surface area contributed by atoms with E-state index in [0.29, 0.717) is 0 Å². The average Bonchev–Trinajstić information content (AvgIpc) is 3.94. The second-order valence-electron chi connectivity index (χ2n) is 17.8. The SMILES string of the molecule is c1ccc(N(c2ccccc2)c2ccc(-c3ccc4c(c3)c3cc(-c5ccc(N(c6ccccc6)c6ccccc6)cc5)ccc3n4-c3ccc4c5ccccc5n(-c5ccccc5)c4c3)cc2)cc1. The number of rotatable bonds is 10. The molecule has 0 aliphatic heterocycles. The molecule has 330 valence electrons. The maximum absolute atomic E-state index is 2.45. The fourth-order valence-corrected chi connectivity index (χ4v) is 10.4. The van der Waals surface area contributed by atoms with Crippen molar-refractivity contribution in [2.24, 2.45) is 0 Å². The minimum atomic E-state index is 1.11. The summed E-state index contributed by atoms with van der Waals surface area (Å²) in [6.07, 6.45) is 0. The highest BCUT2D eigenvalue weighted by atomic mass is 15.1. The summed E-state index contributed by atoms with van der Waals surface area (Å²) in [4.78, 5) is 4.62. The van der Waals surface area contributed by atoms with Crippen molar-refractivity contribution in [2.75, 3.05) is 9.80 Å². The predicted molar refractivity (Wildman–Crippen MR) is 295 cm³/mol. The zero-order chi connectivity index (χ0) is 46.4. The number of fused-ring (bicyclic) bond motifs is 6. The van der Waals surface area contributed by atoms with Gasteiger partial charge in [0.1, 0.15) is 0 Å². The van der Waals surface area contributed by atoms with Gasteiger partial charge in [0.2, 0.25) is 0 Å². The van der Waals surface area contributed by atoms with Crippen molar-refractivity contribution in [2.45, 2.75) is 0 Å². The summed E-state index contributed by atoms with van der Waals surface area (Å²) >= 11 is 0. The van der Waals surface area contributed by atoms with Crippen molar-refractivity contribution >= 4 is 77.7 Å². The molecule has 13 aromatic rings. The Labute approximate surface area is 407 Å². The summed E-state index contributed by atoms with van der Waals surface area (Å²) in [5.41, 5.74) is 18.3. The summed E-state index contributed by atoms with van der Waals surface area (Å²) in [7, 11) is 0. The Morgan fingerprint density at radius 3 is 1.00 bits per heavy atom. The van der Waals surface area contributed by atoms with Crippen LogP contribution in [0.1, 0.15) is 0 Å². The number of aromatic nitrogens is 2. The molecule has 4 heteroatoms. The lowest BCUT2D eigenvalue weighted by Gasteiger charge is -2.25. The van der Waals surface area contributed by atoms with E-state index in [9.17, 15) is 0 Å². The molecule has 0 atom stereocenters. The van der Waals surface area contributed by atoms with Crippen LogP contribution in [-0.2, 0) is 0 Å². The lowest BCUT2D eigenvalue weighted by molar-refractivity contribution is 1.15. The second kappa shape index (κ2) is 17.4. The van der Waals surface area contributed by atoms with Gasteiger partial charge in [0.05, 0.1) is 22.1 Å². The molecule has 0 radical (unpaired) electrons. The zero-order valence-electron chi connectivity index (χ0n) is 38.3. The largest absolute Gasteiger partial charge is 0.311 e. The number of hydrogen-bond acceptors (Lipinski definition) is 2. The number of anilines is 6. The number of hydrogen-bond donors (Lipinski definition) is 0. The van der Waals surface area contributed by atoms with E-state index in [0.717, 1.165) is 67.7 Å². The van der Waals surface area contributed by atoms with Gasteiger partial charge in [-0.05, 0) is 150 Å². The molecule has 0 fully saturated rings. The molecule has 0 aliphatic carbocycles. The molecule has 0 amide bonds. The molecule has 0 unspecified atom stereocenters. The van der Waals surface area contributed by atoms with Crippen molar-refractivity contribution in [3.63, 3.8) is 0 Å². The van der Waals surface area contributed by atoms with Crippen molar-refractivity contribution in [3.8, 4) is 33.6 Å². The fourth-order valence-electron chi connectivity index (χ4n) is 10.4. The van der Waals surface area contributed by atoms with Crippen LogP contribution >= 0.6 is 0 Å². The van der Waals surface area contributed by atoms with Crippen LogP contribution in [0.2, 0.25) is 0 Å². The Kier molecular flexibility index (Phi) is 10.1. The minimum absolute atomic E-state index is 1.11. The molecule has 0 spiro atoms. The van der Waals surface area contributed by atoms with Crippen molar-refractivity contribution in [3.05, 3.63) is 279 Å². The zero-order valence-corrected chi connectivity index (χ0v) is 38.3. The van der Waals surface area contributed by atoms with E-state index in [2.05, 4.69) is 298 Å². The van der Waals surface area contributed by atoms with Crippen molar-refractivity contribution < 1.29 is 0 Å². The van der Waals surface area contributed by atoms with Gasteiger partial charge in [-0.3, -0.25) is 0 Å². The summed E-state index contributed by atoms with van der Waals surface area (Å²) in [5.74, 6) is 0. The van der Waals surface area contributed by atoms with Crippen LogP contribution in [0, 0.1) is 0 Å². The number of nitrogens with zero attached hydrogens (tertiary/aromatic N) is 4. The van der Waals surface area contributed by atoms with Crippen LogP contribution in [0.4, 0.5) is 34.1 Å². The van der Waals surface area contributed by atoms with Crippen molar-refractivity contribution in [1.29, 1.82) is 0 Å². The third-order valence-electron chi connectivity index (χ3n) is 13.7. The molecule has 13 rings (SSSR count). The van der Waals surface area contributed by atoms with Gasteiger partial charge < -0.3 is 18.9 Å². The standard InChI is InChI=1S/C66H46N4/c1-6-18-51(19-7-1)67(52-20-8-2-9-21-52)56-36-30-47(31-37-56)49-34-42-64-61(44-49)62-45-50(48-32-38-57(39-33-48)68(53-22-10-3-11-23-53)54-24-12-4-13-25-54)35-43-65(62)70(64)58-40-41-60-59-28-16-17-29-63(59)69(66(60)46-58)55-26-14-5-15-27-55/h1-46H. The smallest absolute Gasteiger partial charge is 0.0561 e. The predicted octanol–water partition coefficient (Wildman–Crippen LogP) is 18.2. The highest BCUT2D eigenvalue weighted by Gasteiger charge is 2.19. The van der Waals surface area contributed by atoms with Gasteiger partial charge in [-0.1, -0.05) is 152 Å². The van der Waals surface area contributed by atoms with Crippen molar-refractivity contribution in [1.82, 2.24) is 9.13 Å². The molecule has 2 heterocycles. The molecule has 2 aromatic heterocycles. The topological polar surface area (TPSA) is 16.3 Å². The van der Waals surface area contributed by atoms with Crippen LogP contribution in [-0.4, -0.2) is 9.13 Å². The van der Waals surface area contributed by atoms with Gasteiger partial charge in [0, 0.05) is 67.0 Å². The molecule has 70 heavy (non-hydrogen) atoms. The first-order chi connectivity index (χ1) is 34.7. The van der Waals surface area contributed by atoms with Gasteiger partial charge in [-0.25, -0.2) is 0 Å². The van der Waals surface area contributed by atoms with Gasteiger partial charge in [-0.2, -0.15) is 0 Å². The van der Waals surface area contributed by atoms with Crippen LogP contribution in [0.3, 0.4) is 0 Å². The first-order valence-electron chi connectivity index (χ1n) is 23.9. The minimum Gasteiger partial charge on any atom is -0.311 e. The molecule has 0 saturated heterocycles. The monoisotopic (exact) mass is 894 g/mol. The Hall–Kier alpha value is -9.38. The Morgan fingerprint density at radius 2 is 0.543 bits per heavy atom. The van der Waals surface area contributed by atoms with Gasteiger partial charge in [0.25, 0.3) is 0 Å². The van der Waals surface area contributed by atoms with Gasteiger partial charge in [0.15, 0.2) is 0 Å². The lowest BCUT2D eigenvalue weighted by atomic mass is 9.99. The first kappa shape index (κ1) is 40.9. The second-order valence-corrected chi connectivity index (χ2v) is 17.8. The molecule has 0 saturated carbocycles. The van der Waals surface area contributed by atoms with Crippen LogP contribution < -0.4 is 9.80 Å². The van der Waals surface area contributed by atoms with Crippen LogP contribution in [0.25, 0.3) is 77.2 Å². The fraction of sp³-hybridized carbons (Fsp3) is 0. The van der Waals surface area contributed by atoms with E-state index in [1.807, 2.05) is 0 Å². The van der Waals surface area contributed by atoms with E-state index in [1.54, 1.807) is 0 Å². The normalized spacial score (nSPS) is 11.4. The quantitative estimate of drug-likeness (QED) is 0.136. The lowest BCUT2D eigenvalue weighted by Crippen LogP contribution is -2.09. The van der Waals surface area contributed by atoms with Crippen LogP contribution in [0.5, 0.6) is 0 Å². The van der Waals surface area contributed by atoms with Gasteiger partial charge in [-0.15, -0.1) is 0 Å². The number of para-hydroxylation sites is 6. The van der Waals surface area contributed by atoms with E-state index in [-0.39, 0.29) is 0 Å². The molecular formula is C66H46N4. The van der Waals surface area contributed by atoms with E-state index in [4.69, 9.17) is 0 Å². The molecule has 4 nitrogen and oxygen atoms in total. The molecule has 0 bridgehead atoms. The van der Waals surface area contributed by atoms with Gasteiger partial charge >= 0.3 is 0 Å². The van der Waals surface area contributed by atoms with E-state index in [1.165, 1.54) is 43.7 Å². The Morgan fingerprint density at radius 1 is 0.200 bits per heavy atom. The highest BCUT2D eigenvalue weighted by Crippen LogP contribution is 2.42. The summed E-state index contributed by atoms with van der Waals surface area (Å²) in [6, 6.07) is 101. The molecule has 11 aromatic carbocycles. The average molecular weight is 895 g/mol. The third-order valence-corrected chi connectivity index (χ3v) is 13.7. The molecule has 0 N–H and O–H groups in total. The third kappa shape index (κ3) is 7.18. The summed E-state index contributed by atoms with van der Waals surface area (Å²) in [5, 5.41) is 4.88. The van der Waals surface area contributed by atoms with Crippen LogP contribution in [0.15, 0.2) is 279 Å². The summed E-state index contributed by atoms with van der Waals surface area (Å²) in [6.45, 7) is 0. The molecular weight excluding hydrogens is 849 g/mol. The number of benzene rings is 11. The highest BCUT2D eigenvalue weighted by molar-refractivity contribution is 6.13. The maximum Gasteiger partial charge on any atom is 0.0561 e. The summed E-state index contributed by atoms with van der Waals surface area (Å²) < 4.78 is 4.85. The Balaban J connectivity index is 0.958. The van der Waals surface area contributed by atoms with E-state index < -0.39 is 0 Å².